The average Bonchev–Trinajstić information content (AvgIpc) is 2.46. The predicted molar refractivity (Wildman–Crippen MR) is 86.0 cm³/mol. The molecule has 1 N–H and O–H groups in total. The number of halogens is 1. The van der Waals surface area contributed by atoms with Crippen LogP contribution in [0.15, 0.2) is 35.5 Å². The van der Waals surface area contributed by atoms with E-state index in [9.17, 15) is 4.79 Å². The molecule has 4 nitrogen and oxygen atoms in total. The van der Waals surface area contributed by atoms with Crippen LogP contribution in [0.1, 0.15) is 21.7 Å². The number of carbonyl (C=O) groups excluding carboxylic acids is 1. The molecule has 0 fully saturated rings. The highest BCUT2D eigenvalue weighted by Gasteiger charge is 2.09. The average molecular weight is 322 g/mol. The van der Waals surface area contributed by atoms with Gasteiger partial charge in [-0.1, -0.05) is 35.5 Å². The maximum absolute atomic E-state index is 12.1. The first kappa shape index (κ1) is 15.8. The van der Waals surface area contributed by atoms with Gasteiger partial charge in [0.05, 0.1) is 0 Å². The molecule has 0 bridgehead atoms. The third-order valence-corrected chi connectivity index (χ3v) is 3.62. The van der Waals surface area contributed by atoms with Gasteiger partial charge in [-0.15, -0.1) is 0 Å². The number of rotatable bonds is 5. The van der Waals surface area contributed by atoms with Crippen molar-refractivity contribution in [2.24, 2.45) is 0 Å². The molecule has 1 aromatic carbocycles. The topological polar surface area (TPSA) is 54.9 Å². The molecule has 0 unspecified atom stereocenters. The number of thioether (sulfide) groups is 1. The second kappa shape index (κ2) is 7.43. The second-order valence-electron chi connectivity index (χ2n) is 4.52. The molecular formula is C15H16ClN3OS. The smallest absolute Gasteiger partial charge is 0.270 e. The van der Waals surface area contributed by atoms with Crippen molar-refractivity contribution >= 4 is 29.3 Å². The molecular weight excluding hydrogens is 306 g/mol. The van der Waals surface area contributed by atoms with Crippen molar-refractivity contribution in [3.63, 3.8) is 0 Å². The summed E-state index contributed by atoms with van der Waals surface area (Å²) in [4.78, 5) is 20.5. The fourth-order valence-corrected chi connectivity index (χ4v) is 2.49. The Labute approximate surface area is 133 Å². The molecule has 0 saturated carbocycles. The number of carbonyl (C=O) groups is 1. The standard InChI is InChI=1S/C15H16ClN3OS/c1-10-8-13(19-15(18-10)21-2)14(20)17-7-6-11-4-3-5-12(16)9-11/h3-5,8-9H,6-7H2,1-2H3,(H,17,20). The molecule has 0 aliphatic rings. The fourth-order valence-electron chi connectivity index (χ4n) is 1.85. The SMILES string of the molecule is CSc1nc(C)cc(C(=O)NCCc2cccc(Cl)c2)n1. The summed E-state index contributed by atoms with van der Waals surface area (Å²) in [7, 11) is 0. The van der Waals surface area contributed by atoms with Crippen molar-refractivity contribution in [2.45, 2.75) is 18.5 Å². The Morgan fingerprint density at radius 2 is 2.14 bits per heavy atom. The number of hydrogen-bond donors (Lipinski definition) is 1. The summed E-state index contributed by atoms with van der Waals surface area (Å²) in [5, 5.41) is 4.17. The monoisotopic (exact) mass is 321 g/mol. The normalized spacial score (nSPS) is 10.4. The number of benzene rings is 1. The van der Waals surface area contributed by atoms with Gasteiger partial charge < -0.3 is 5.32 Å². The van der Waals surface area contributed by atoms with E-state index in [-0.39, 0.29) is 5.91 Å². The van der Waals surface area contributed by atoms with Crippen LogP contribution in [-0.2, 0) is 6.42 Å². The van der Waals surface area contributed by atoms with Gasteiger partial charge in [0.2, 0.25) is 0 Å². The van der Waals surface area contributed by atoms with Crippen LogP contribution in [0, 0.1) is 6.92 Å². The summed E-state index contributed by atoms with van der Waals surface area (Å²) in [6, 6.07) is 9.30. The van der Waals surface area contributed by atoms with Gasteiger partial charge in [0.1, 0.15) is 5.69 Å². The quantitative estimate of drug-likeness (QED) is 0.679. The number of nitrogens with zero attached hydrogens (tertiary/aromatic N) is 2. The summed E-state index contributed by atoms with van der Waals surface area (Å²) in [6.07, 6.45) is 2.61. The second-order valence-corrected chi connectivity index (χ2v) is 5.73. The number of amides is 1. The van der Waals surface area contributed by atoms with Gasteiger partial charge in [-0.2, -0.15) is 0 Å². The molecule has 0 aliphatic heterocycles. The number of nitrogens with one attached hydrogen (secondary N) is 1. The zero-order valence-electron chi connectivity index (χ0n) is 11.9. The van der Waals surface area contributed by atoms with Crippen molar-refractivity contribution in [2.75, 3.05) is 12.8 Å². The molecule has 1 amide bonds. The van der Waals surface area contributed by atoms with Crippen LogP contribution in [0.25, 0.3) is 0 Å². The molecule has 110 valence electrons. The lowest BCUT2D eigenvalue weighted by Gasteiger charge is -2.07. The van der Waals surface area contributed by atoms with Crippen LogP contribution in [0.4, 0.5) is 0 Å². The van der Waals surface area contributed by atoms with E-state index in [4.69, 9.17) is 11.6 Å². The lowest BCUT2D eigenvalue weighted by molar-refractivity contribution is 0.0948. The third kappa shape index (κ3) is 4.72. The van der Waals surface area contributed by atoms with Crippen LogP contribution in [0.2, 0.25) is 5.02 Å². The minimum Gasteiger partial charge on any atom is -0.350 e. The van der Waals surface area contributed by atoms with Gasteiger partial charge in [0.25, 0.3) is 5.91 Å². The first-order valence-corrected chi connectivity index (χ1v) is 8.11. The maximum atomic E-state index is 12.1. The Balaban J connectivity index is 1.94. The van der Waals surface area contributed by atoms with Gasteiger partial charge in [0, 0.05) is 17.3 Å². The fraction of sp³-hybridized carbons (Fsp3) is 0.267. The first-order chi connectivity index (χ1) is 10.1. The zero-order chi connectivity index (χ0) is 15.2. The van der Waals surface area contributed by atoms with Crippen LogP contribution in [-0.4, -0.2) is 28.7 Å². The minimum absolute atomic E-state index is 0.183. The summed E-state index contributed by atoms with van der Waals surface area (Å²) in [5.41, 5.74) is 2.28. The Hall–Kier alpha value is -1.59. The van der Waals surface area contributed by atoms with E-state index in [1.165, 1.54) is 11.8 Å². The minimum atomic E-state index is -0.183. The van der Waals surface area contributed by atoms with Crippen LogP contribution >= 0.6 is 23.4 Å². The highest BCUT2D eigenvalue weighted by atomic mass is 35.5. The highest BCUT2D eigenvalue weighted by molar-refractivity contribution is 7.98. The van der Waals surface area contributed by atoms with E-state index in [1.807, 2.05) is 37.4 Å². The van der Waals surface area contributed by atoms with Crippen molar-refractivity contribution in [1.29, 1.82) is 0 Å². The van der Waals surface area contributed by atoms with Crippen molar-refractivity contribution in [3.8, 4) is 0 Å². The Morgan fingerprint density at radius 3 is 2.86 bits per heavy atom. The molecule has 21 heavy (non-hydrogen) atoms. The van der Waals surface area contributed by atoms with E-state index in [0.717, 1.165) is 17.7 Å². The molecule has 0 aliphatic carbocycles. The van der Waals surface area contributed by atoms with Crippen molar-refractivity contribution in [3.05, 3.63) is 52.3 Å². The zero-order valence-corrected chi connectivity index (χ0v) is 13.5. The Kier molecular flexibility index (Phi) is 5.59. The van der Waals surface area contributed by atoms with Gasteiger partial charge >= 0.3 is 0 Å². The molecule has 0 radical (unpaired) electrons. The molecule has 1 aromatic heterocycles. The number of hydrogen-bond acceptors (Lipinski definition) is 4. The van der Waals surface area contributed by atoms with Gasteiger partial charge in [-0.3, -0.25) is 4.79 Å². The summed E-state index contributed by atoms with van der Waals surface area (Å²) >= 11 is 7.35. The first-order valence-electron chi connectivity index (χ1n) is 6.51. The van der Waals surface area contributed by atoms with E-state index in [1.54, 1.807) is 6.07 Å². The summed E-state index contributed by atoms with van der Waals surface area (Å²) in [5.74, 6) is -0.183. The van der Waals surface area contributed by atoms with Crippen LogP contribution in [0.5, 0.6) is 0 Å². The molecule has 0 atom stereocenters. The van der Waals surface area contributed by atoms with E-state index in [2.05, 4.69) is 15.3 Å². The summed E-state index contributed by atoms with van der Waals surface area (Å²) in [6.45, 7) is 2.39. The van der Waals surface area contributed by atoms with Gasteiger partial charge in [0.15, 0.2) is 5.16 Å². The van der Waals surface area contributed by atoms with E-state index >= 15 is 0 Å². The molecule has 0 spiro atoms. The number of aromatic nitrogens is 2. The molecule has 0 saturated heterocycles. The Bertz CT molecular complexity index is 649. The molecule has 1 heterocycles. The van der Waals surface area contributed by atoms with Crippen LogP contribution < -0.4 is 5.32 Å². The lowest BCUT2D eigenvalue weighted by Crippen LogP contribution is -2.27. The van der Waals surface area contributed by atoms with Crippen LogP contribution in [0.3, 0.4) is 0 Å². The Morgan fingerprint density at radius 1 is 1.33 bits per heavy atom. The van der Waals surface area contributed by atoms with E-state index < -0.39 is 0 Å². The highest BCUT2D eigenvalue weighted by Crippen LogP contribution is 2.12. The molecule has 2 aromatic rings. The predicted octanol–water partition coefficient (Wildman–Crippen LogP) is 3.13. The molecule has 2 rings (SSSR count). The molecule has 6 heteroatoms. The van der Waals surface area contributed by atoms with Crippen molar-refractivity contribution < 1.29 is 4.79 Å². The summed E-state index contributed by atoms with van der Waals surface area (Å²) < 4.78 is 0. The lowest BCUT2D eigenvalue weighted by atomic mass is 10.1. The van der Waals surface area contributed by atoms with Crippen molar-refractivity contribution in [1.82, 2.24) is 15.3 Å². The van der Waals surface area contributed by atoms with Gasteiger partial charge in [-0.25, -0.2) is 9.97 Å². The largest absolute Gasteiger partial charge is 0.350 e. The third-order valence-electron chi connectivity index (χ3n) is 2.84. The van der Waals surface area contributed by atoms with Gasteiger partial charge in [-0.05, 0) is 43.4 Å². The van der Waals surface area contributed by atoms with E-state index in [0.29, 0.717) is 22.4 Å². The maximum Gasteiger partial charge on any atom is 0.270 e. The number of aryl methyl sites for hydroxylation is 1.